The number of carbonyl (C=O) groups excluding carboxylic acids is 1. The van der Waals surface area contributed by atoms with Crippen molar-refractivity contribution in [2.24, 2.45) is 11.3 Å². The Morgan fingerprint density at radius 2 is 2.00 bits per heavy atom. The van der Waals surface area contributed by atoms with Gasteiger partial charge in [-0.1, -0.05) is 20.8 Å². The first-order valence-corrected chi connectivity index (χ1v) is 6.34. The predicted molar refractivity (Wildman–Crippen MR) is 65.1 cm³/mol. The Labute approximate surface area is 98.8 Å². The van der Waals surface area contributed by atoms with Crippen LogP contribution < -0.4 is 0 Å². The number of hydrogen-bond acceptors (Lipinski definition) is 2. The molecule has 0 saturated carbocycles. The van der Waals surface area contributed by atoms with Gasteiger partial charge in [0, 0.05) is 26.1 Å². The second-order valence-electron chi connectivity index (χ2n) is 5.89. The molecule has 0 radical (unpaired) electrons. The number of carbonyl (C=O) groups is 1. The lowest BCUT2D eigenvalue weighted by atomic mass is 9.80. The highest BCUT2D eigenvalue weighted by molar-refractivity contribution is 5.78. The third kappa shape index (κ3) is 3.78. The number of unbranched alkanes of at least 4 members (excludes halogenated alkanes) is 2. The summed E-state index contributed by atoms with van der Waals surface area (Å²) in [5, 5.41) is 8.68. The molecular weight excluding hydrogens is 202 g/mol. The first kappa shape index (κ1) is 13.5. The van der Waals surface area contributed by atoms with E-state index in [9.17, 15) is 4.79 Å². The van der Waals surface area contributed by atoms with Gasteiger partial charge < -0.3 is 10.0 Å². The van der Waals surface area contributed by atoms with Crippen LogP contribution in [-0.2, 0) is 4.79 Å². The molecule has 1 fully saturated rings. The normalized spacial score (nSPS) is 21.9. The molecule has 0 spiro atoms. The third-order valence-corrected chi connectivity index (χ3v) is 3.53. The summed E-state index contributed by atoms with van der Waals surface area (Å²) in [5.74, 6) is 0.807. The Morgan fingerprint density at radius 3 is 2.50 bits per heavy atom. The highest BCUT2D eigenvalue weighted by atomic mass is 16.2. The van der Waals surface area contributed by atoms with E-state index >= 15 is 0 Å². The van der Waals surface area contributed by atoms with Gasteiger partial charge in [-0.3, -0.25) is 4.79 Å². The molecule has 0 bridgehead atoms. The molecule has 16 heavy (non-hydrogen) atoms. The minimum absolute atomic E-state index is 0.232. The average Bonchev–Trinajstić information content (AvgIpc) is 2.55. The van der Waals surface area contributed by atoms with Crippen molar-refractivity contribution in [3.8, 4) is 0 Å². The minimum Gasteiger partial charge on any atom is -0.396 e. The average molecular weight is 227 g/mol. The molecule has 1 aliphatic heterocycles. The van der Waals surface area contributed by atoms with Gasteiger partial charge in [-0.25, -0.2) is 0 Å². The van der Waals surface area contributed by atoms with E-state index < -0.39 is 0 Å². The van der Waals surface area contributed by atoms with Gasteiger partial charge in [0.2, 0.25) is 5.91 Å². The molecule has 3 nitrogen and oxygen atoms in total. The summed E-state index contributed by atoms with van der Waals surface area (Å²) >= 11 is 0. The van der Waals surface area contributed by atoms with Crippen molar-refractivity contribution in [2.45, 2.75) is 46.5 Å². The van der Waals surface area contributed by atoms with Crippen LogP contribution in [0.1, 0.15) is 46.5 Å². The van der Waals surface area contributed by atoms with Gasteiger partial charge in [0.25, 0.3) is 0 Å². The van der Waals surface area contributed by atoms with Crippen LogP contribution >= 0.6 is 0 Å². The van der Waals surface area contributed by atoms with Crippen molar-refractivity contribution < 1.29 is 9.90 Å². The first-order valence-electron chi connectivity index (χ1n) is 6.34. The van der Waals surface area contributed by atoms with Crippen molar-refractivity contribution in [3.63, 3.8) is 0 Å². The van der Waals surface area contributed by atoms with E-state index in [0.717, 1.165) is 32.4 Å². The third-order valence-electron chi connectivity index (χ3n) is 3.53. The van der Waals surface area contributed by atoms with Crippen LogP contribution in [0.4, 0.5) is 0 Å². The van der Waals surface area contributed by atoms with Crippen molar-refractivity contribution >= 4 is 5.91 Å². The Balaban J connectivity index is 2.31. The Kier molecular flexibility index (Phi) is 4.78. The fourth-order valence-corrected chi connectivity index (χ4v) is 2.16. The summed E-state index contributed by atoms with van der Waals surface area (Å²) in [6, 6.07) is 0. The van der Waals surface area contributed by atoms with Crippen LogP contribution in [0, 0.1) is 11.3 Å². The number of rotatable bonds is 5. The topological polar surface area (TPSA) is 40.5 Å². The van der Waals surface area contributed by atoms with Crippen LogP contribution in [0.2, 0.25) is 0 Å². The van der Waals surface area contributed by atoms with E-state index in [-0.39, 0.29) is 12.0 Å². The van der Waals surface area contributed by atoms with Crippen LogP contribution in [0.5, 0.6) is 0 Å². The number of aliphatic hydroxyl groups excluding tert-OH is 1. The maximum absolute atomic E-state index is 11.8. The van der Waals surface area contributed by atoms with Gasteiger partial charge in [-0.15, -0.1) is 0 Å². The first-order chi connectivity index (χ1) is 7.45. The molecule has 1 aliphatic rings. The summed E-state index contributed by atoms with van der Waals surface area (Å²) < 4.78 is 0. The van der Waals surface area contributed by atoms with Gasteiger partial charge in [0.05, 0.1) is 0 Å². The number of nitrogens with zero attached hydrogens (tertiary/aromatic N) is 1. The molecule has 1 saturated heterocycles. The standard InChI is InChI=1S/C13H25NO2/c1-13(2,3)11-9-12(16)14(10-11)7-5-4-6-8-15/h11,15H,4-10H2,1-3H3. The Morgan fingerprint density at radius 1 is 1.31 bits per heavy atom. The number of hydrogen-bond donors (Lipinski definition) is 1. The Bertz CT molecular complexity index is 233. The highest BCUT2D eigenvalue weighted by Gasteiger charge is 2.36. The minimum atomic E-state index is 0.232. The van der Waals surface area contributed by atoms with E-state index in [4.69, 9.17) is 5.11 Å². The van der Waals surface area contributed by atoms with Gasteiger partial charge in [-0.05, 0) is 30.6 Å². The highest BCUT2D eigenvalue weighted by Crippen LogP contribution is 2.34. The van der Waals surface area contributed by atoms with Gasteiger partial charge in [-0.2, -0.15) is 0 Å². The molecule has 1 rings (SSSR count). The van der Waals surface area contributed by atoms with Crippen LogP contribution in [-0.4, -0.2) is 35.6 Å². The van der Waals surface area contributed by atoms with Crippen molar-refractivity contribution in [2.75, 3.05) is 19.7 Å². The zero-order valence-corrected chi connectivity index (χ0v) is 10.8. The molecule has 1 atom stereocenters. The molecule has 3 heteroatoms. The van der Waals surface area contributed by atoms with Gasteiger partial charge >= 0.3 is 0 Å². The summed E-state index contributed by atoms with van der Waals surface area (Å²) in [7, 11) is 0. The van der Waals surface area contributed by atoms with Crippen molar-refractivity contribution in [1.29, 1.82) is 0 Å². The molecule has 1 unspecified atom stereocenters. The van der Waals surface area contributed by atoms with Gasteiger partial charge in [0.15, 0.2) is 0 Å². The summed E-state index contributed by atoms with van der Waals surface area (Å²) in [6.45, 7) is 8.67. The van der Waals surface area contributed by atoms with E-state index in [1.165, 1.54) is 0 Å². The molecule has 1 heterocycles. The molecule has 1 N–H and O–H groups in total. The lowest BCUT2D eigenvalue weighted by molar-refractivity contribution is -0.127. The lowest BCUT2D eigenvalue weighted by Gasteiger charge is -2.26. The van der Waals surface area contributed by atoms with Gasteiger partial charge in [0.1, 0.15) is 0 Å². The van der Waals surface area contributed by atoms with E-state index in [1.54, 1.807) is 0 Å². The van der Waals surface area contributed by atoms with Crippen LogP contribution in [0.25, 0.3) is 0 Å². The molecule has 0 aliphatic carbocycles. The number of amides is 1. The summed E-state index contributed by atoms with van der Waals surface area (Å²) in [4.78, 5) is 13.8. The summed E-state index contributed by atoms with van der Waals surface area (Å²) in [6.07, 6.45) is 3.60. The fraction of sp³-hybridized carbons (Fsp3) is 0.923. The van der Waals surface area contributed by atoms with Crippen LogP contribution in [0.3, 0.4) is 0 Å². The lowest BCUT2D eigenvalue weighted by Crippen LogP contribution is -2.28. The van der Waals surface area contributed by atoms with Crippen molar-refractivity contribution in [1.82, 2.24) is 4.90 Å². The second-order valence-corrected chi connectivity index (χ2v) is 5.89. The second kappa shape index (κ2) is 5.67. The largest absolute Gasteiger partial charge is 0.396 e. The number of aliphatic hydroxyl groups is 1. The zero-order valence-electron chi connectivity index (χ0n) is 10.8. The molecule has 0 aromatic heterocycles. The molecule has 94 valence electrons. The molecular formula is C13H25NO2. The number of likely N-dealkylation sites (tertiary alicyclic amines) is 1. The monoisotopic (exact) mass is 227 g/mol. The fourth-order valence-electron chi connectivity index (χ4n) is 2.16. The van der Waals surface area contributed by atoms with Crippen molar-refractivity contribution in [3.05, 3.63) is 0 Å². The van der Waals surface area contributed by atoms with E-state index in [1.807, 2.05) is 4.90 Å². The molecule has 0 aromatic carbocycles. The SMILES string of the molecule is CC(C)(C)C1CC(=O)N(CCCCCO)C1. The van der Waals surface area contributed by atoms with E-state index in [0.29, 0.717) is 18.2 Å². The quantitative estimate of drug-likeness (QED) is 0.730. The molecule has 1 amide bonds. The van der Waals surface area contributed by atoms with Crippen LogP contribution in [0.15, 0.2) is 0 Å². The predicted octanol–water partition coefficient (Wildman–Crippen LogP) is 2.04. The maximum atomic E-state index is 11.8. The summed E-state index contributed by atoms with van der Waals surface area (Å²) in [5.41, 5.74) is 0.232. The maximum Gasteiger partial charge on any atom is 0.222 e. The molecule has 0 aromatic rings. The smallest absolute Gasteiger partial charge is 0.222 e. The zero-order chi connectivity index (χ0) is 12.2. The van der Waals surface area contributed by atoms with E-state index in [2.05, 4.69) is 20.8 Å². The Hall–Kier alpha value is -0.570.